The van der Waals surface area contributed by atoms with E-state index in [1.54, 1.807) is 12.1 Å². The SMILES string of the molecule is CC(C)Nc1cccc2c1C(=O)c1cccc(S(=O)(=O)O)c1C2=O.[NaH]. The third-order valence-electron chi connectivity index (χ3n) is 3.76. The quantitative estimate of drug-likeness (QED) is 0.540. The van der Waals surface area contributed by atoms with Gasteiger partial charge in [0.05, 0.1) is 11.1 Å². The first-order valence-corrected chi connectivity index (χ1v) is 8.75. The molecule has 0 aliphatic heterocycles. The number of fused-ring (bicyclic) bond motifs is 2. The molecule has 0 bridgehead atoms. The molecule has 0 aromatic heterocycles. The third-order valence-corrected chi connectivity index (χ3v) is 4.65. The molecule has 25 heavy (non-hydrogen) atoms. The summed E-state index contributed by atoms with van der Waals surface area (Å²) in [6, 6.07) is 8.67. The molecule has 0 amide bonds. The van der Waals surface area contributed by atoms with Crippen molar-refractivity contribution in [3.8, 4) is 0 Å². The number of carbonyl (C=O) groups is 2. The summed E-state index contributed by atoms with van der Waals surface area (Å²) in [4.78, 5) is 25.1. The van der Waals surface area contributed by atoms with E-state index >= 15 is 0 Å². The Morgan fingerprint density at radius 3 is 2.00 bits per heavy atom. The molecular weight excluding hydrogens is 353 g/mol. The van der Waals surface area contributed by atoms with Crippen molar-refractivity contribution >= 4 is 56.9 Å². The van der Waals surface area contributed by atoms with Crippen molar-refractivity contribution < 1.29 is 22.6 Å². The van der Waals surface area contributed by atoms with Crippen LogP contribution in [0.4, 0.5) is 5.69 Å². The van der Waals surface area contributed by atoms with Crippen LogP contribution in [-0.4, -0.2) is 60.1 Å². The Morgan fingerprint density at radius 2 is 1.44 bits per heavy atom. The standard InChI is InChI=1S/C17H15NO5S.Na.H/c1-9(2)18-12-7-3-5-10-14(12)16(19)11-6-4-8-13(24(21,22)23)15(11)17(10)20;;/h3-9,18H,1-2H3,(H,21,22,23);;. The Morgan fingerprint density at radius 1 is 0.920 bits per heavy atom. The molecule has 0 radical (unpaired) electrons. The summed E-state index contributed by atoms with van der Waals surface area (Å²) in [5.74, 6) is -1.05. The van der Waals surface area contributed by atoms with Crippen molar-refractivity contribution in [2.75, 3.05) is 5.32 Å². The van der Waals surface area contributed by atoms with Crippen molar-refractivity contribution in [1.29, 1.82) is 0 Å². The number of nitrogens with one attached hydrogen (secondary N) is 1. The zero-order chi connectivity index (χ0) is 17.6. The Kier molecular flexibility index (Phi) is 5.56. The van der Waals surface area contributed by atoms with E-state index in [0.29, 0.717) is 5.69 Å². The van der Waals surface area contributed by atoms with E-state index in [2.05, 4.69) is 5.32 Å². The van der Waals surface area contributed by atoms with Gasteiger partial charge in [-0.05, 0) is 26.0 Å². The van der Waals surface area contributed by atoms with Gasteiger partial charge in [-0.1, -0.05) is 24.3 Å². The van der Waals surface area contributed by atoms with Crippen LogP contribution in [0, 0.1) is 0 Å². The van der Waals surface area contributed by atoms with E-state index in [0.717, 1.165) is 6.07 Å². The van der Waals surface area contributed by atoms with E-state index in [4.69, 9.17) is 0 Å². The van der Waals surface area contributed by atoms with Crippen LogP contribution in [0.25, 0.3) is 0 Å². The van der Waals surface area contributed by atoms with Crippen molar-refractivity contribution in [3.05, 3.63) is 58.7 Å². The van der Waals surface area contributed by atoms with Gasteiger partial charge in [0, 0.05) is 22.9 Å². The van der Waals surface area contributed by atoms with Crippen LogP contribution in [0.1, 0.15) is 45.7 Å². The summed E-state index contributed by atoms with van der Waals surface area (Å²) in [6.07, 6.45) is 0. The maximum atomic E-state index is 12.9. The van der Waals surface area contributed by atoms with Gasteiger partial charge in [-0.3, -0.25) is 14.1 Å². The van der Waals surface area contributed by atoms with Gasteiger partial charge in [0.25, 0.3) is 10.1 Å². The average Bonchev–Trinajstić information content (AvgIpc) is 2.50. The van der Waals surface area contributed by atoms with Gasteiger partial charge < -0.3 is 5.32 Å². The summed E-state index contributed by atoms with van der Waals surface area (Å²) in [5, 5.41) is 3.12. The monoisotopic (exact) mass is 369 g/mol. The van der Waals surface area contributed by atoms with Gasteiger partial charge >= 0.3 is 29.6 Å². The number of benzene rings is 2. The maximum absolute atomic E-state index is 12.9. The number of carbonyl (C=O) groups excluding carboxylic acids is 2. The molecule has 0 saturated carbocycles. The first kappa shape index (κ1) is 19.8. The fourth-order valence-corrected chi connectivity index (χ4v) is 3.57. The van der Waals surface area contributed by atoms with Crippen LogP contribution in [-0.2, 0) is 10.1 Å². The first-order valence-electron chi connectivity index (χ1n) is 7.31. The molecule has 1 aliphatic rings. The van der Waals surface area contributed by atoms with E-state index in [1.165, 1.54) is 18.2 Å². The zero-order valence-electron chi connectivity index (χ0n) is 13.0. The number of anilines is 1. The number of hydrogen-bond acceptors (Lipinski definition) is 5. The summed E-state index contributed by atoms with van der Waals surface area (Å²) in [7, 11) is -4.62. The molecular formula is C17H16NNaO5S. The van der Waals surface area contributed by atoms with Crippen molar-refractivity contribution in [2.45, 2.75) is 24.8 Å². The molecule has 0 saturated heterocycles. The van der Waals surface area contributed by atoms with Gasteiger partial charge in [0.1, 0.15) is 4.90 Å². The fourth-order valence-electron chi connectivity index (χ4n) is 2.86. The zero-order valence-corrected chi connectivity index (χ0v) is 13.8. The molecule has 2 aromatic carbocycles. The van der Waals surface area contributed by atoms with Crippen molar-refractivity contribution in [1.82, 2.24) is 0 Å². The minimum absolute atomic E-state index is 0. The van der Waals surface area contributed by atoms with Crippen molar-refractivity contribution in [2.24, 2.45) is 0 Å². The summed E-state index contributed by atoms with van der Waals surface area (Å²) < 4.78 is 32.5. The molecule has 1 aliphatic carbocycles. The number of ketones is 2. The number of hydrogen-bond donors (Lipinski definition) is 2. The van der Waals surface area contributed by atoms with Gasteiger partial charge in [-0.15, -0.1) is 0 Å². The summed E-state index contributed by atoms with van der Waals surface area (Å²) in [6.45, 7) is 3.80. The van der Waals surface area contributed by atoms with Crippen LogP contribution >= 0.6 is 0 Å². The van der Waals surface area contributed by atoms with Gasteiger partial charge in [0.2, 0.25) is 0 Å². The minimum atomic E-state index is -4.62. The van der Waals surface area contributed by atoms with E-state index in [9.17, 15) is 22.6 Å². The Hall–Kier alpha value is -1.51. The third kappa shape index (κ3) is 3.43. The van der Waals surface area contributed by atoms with Crippen LogP contribution < -0.4 is 5.32 Å². The van der Waals surface area contributed by atoms with Gasteiger partial charge in [0.15, 0.2) is 11.6 Å². The molecule has 3 rings (SSSR count). The second-order valence-electron chi connectivity index (χ2n) is 5.84. The van der Waals surface area contributed by atoms with Gasteiger partial charge in [-0.2, -0.15) is 8.42 Å². The molecule has 8 heteroatoms. The summed E-state index contributed by atoms with van der Waals surface area (Å²) in [5.41, 5.74) is 0.550. The predicted molar refractivity (Wildman–Crippen MR) is 95.5 cm³/mol. The van der Waals surface area contributed by atoms with Gasteiger partial charge in [-0.25, -0.2) is 0 Å². The molecule has 126 valence electrons. The molecule has 0 spiro atoms. The molecule has 0 atom stereocenters. The Balaban J connectivity index is 0.00000225. The summed E-state index contributed by atoms with van der Waals surface area (Å²) >= 11 is 0. The molecule has 0 unspecified atom stereocenters. The van der Waals surface area contributed by atoms with Crippen LogP contribution in [0.2, 0.25) is 0 Å². The fraction of sp³-hybridized carbons (Fsp3) is 0.176. The molecule has 0 heterocycles. The van der Waals surface area contributed by atoms with Crippen LogP contribution in [0.3, 0.4) is 0 Å². The molecule has 2 N–H and O–H groups in total. The van der Waals surface area contributed by atoms with E-state index < -0.39 is 26.6 Å². The first-order chi connectivity index (χ1) is 11.2. The van der Waals surface area contributed by atoms with E-state index in [1.807, 2.05) is 13.8 Å². The topological polar surface area (TPSA) is 101 Å². The normalized spacial score (nSPS) is 13.1. The van der Waals surface area contributed by atoms with E-state index in [-0.39, 0.29) is 57.9 Å². The Labute approximate surface area is 167 Å². The van der Waals surface area contributed by atoms with Crippen LogP contribution in [0.5, 0.6) is 0 Å². The molecule has 2 aromatic rings. The number of rotatable bonds is 3. The van der Waals surface area contributed by atoms with Crippen molar-refractivity contribution in [3.63, 3.8) is 0 Å². The second-order valence-corrected chi connectivity index (χ2v) is 7.23. The molecule has 6 nitrogen and oxygen atoms in total. The average molecular weight is 369 g/mol. The predicted octanol–water partition coefficient (Wildman–Crippen LogP) is 1.88. The second kappa shape index (κ2) is 7.01. The Bertz CT molecular complexity index is 983. The molecule has 0 fully saturated rings. The van der Waals surface area contributed by atoms with Crippen LogP contribution in [0.15, 0.2) is 41.3 Å².